The molecule has 1 heterocycles. The van der Waals surface area contributed by atoms with E-state index in [2.05, 4.69) is 5.32 Å². The molecule has 0 spiro atoms. The first-order chi connectivity index (χ1) is 10.2. The van der Waals surface area contributed by atoms with Gasteiger partial charge >= 0.3 is 0 Å². The number of nitrogens with zero attached hydrogens (tertiary/aromatic N) is 1. The highest BCUT2D eigenvalue weighted by Gasteiger charge is 2.36. The van der Waals surface area contributed by atoms with E-state index >= 15 is 0 Å². The highest BCUT2D eigenvalue weighted by molar-refractivity contribution is 5.98. The predicted molar refractivity (Wildman–Crippen MR) is 79.6 cm³/mol. The third-order valence-electron chi connectivity index (χ3n) is 4.18. The zero-order valence-corrected chi connectivity index (χ0v) is 12.0. The summed E-state index contributed by atoms with van der Waals surface area (Å²) in [6.45, 7) is 1.12. The van der Waals surface area contributed by atoms with Crippen LogP contribution in [0.3, 0.4) is 0 Å². The largest absolute Gasteiger partial charge is 0.352 e. The van der Waals surface area contributed by atoms with E-state index in [1.54, 1.807) is 17.0 Å². The van der Waals surface area contributed by atoms with Crippen LogP contribution in [0.5, 0.6) is 0 Å². The molecule has 0 bridgehead atoms. The lowest BCUT2D eigenvalue weighted by Gasteiger charge is -2.24. The van der Waals surface area contributed by atoms with Gasteiger partial charge in [0.2, 0.25) is 5.91 Å². The lowest BCUT2D eigenvalue weighted by Crippen LogP contribution is -2.46. The number of likely N-dealkylation sites (tertiary alicyclic amines) is 1. The van der Waals surface area contributed by atoms with Crippen LogP contribution < -0.4 is 11.1 Å². The van der Waals surface area contributed by atoms with Gasteiger partial charge in [0.15, 0.2) is 0 Å². The van der Waals surface area contributed by atoms with Crippen LogP contribution in [0.1, 0.15) is 41.6 Å². The van der Waals surface area contributed by atoms with Crippen LogP contribution in [0.2, 0.25) is 0 Å². The molecule has 3 rings (SSSR count). The molecule has 5 nitrogen and oxygen atoms in total. The van der Waals surface area contributed by atoms with E-state index in [0.29, 0.717) is 24.7 Å². The molecule has 1 aromatic carbocycles. The van der Waals surface area contributed by atoms with Crippen molar-refractivity contribution in [3.8, 4) is 0 Å². The Morgan fingerprint density at radius 2 is 1.90 bits per heavy atom. The Balaban J connectivity index is 1.70. The van der Waals surface area contributed by atoms with Gasteiger partial charge in [0.1, 0.15) is 6.04 Å². The van der Waals surface area contributed by atoms with Gasteiger partial charge in [-0.05, 0) is 43.4 Å². The van der Waals surface area contributed by atoms with Gasteiger partial charge in [-0.25, -0.2) is 0 Å². The molecule has 1 unspecified atom stereocenters. The van der Waals surface area contributed by atoms with Crippen molar-refractivity contribution in [3.63, 3.8) is 0 Å². The molecule has 5 heteroatoms. The zero-order valence-electron chi connectivity index (χ0n) is 12.0. The van der Waals surface area contributed by atoms with Gasteiger partial charge in [-0.1, -0.05) is 12.1 Å². The van der Waals surface area contributed by atoms with Gasteiger partial charge in [-0.3, -0.25) is 9.59 Å². The molecule has 1 aliphatic heterocycles. The topological polar surface area (TPSA) is 75.4 Å². The van der Waals surface area contributed by atoms with E-state index in [9.17, 15) is 9.59 Å². The number of hydrogen-bond donors (Lipinski definition) is 2. The quantitative estimate of drug-likeness (QED) is 0.868. The Kier molecular flexibility index (Phi) is 3.92. The Bertz CT molecular complexity index is 537. The van der Waals surface area contributed by atoms with Crippen LogP contribution in [0.15, 0.2) is 24.3 Å². The summed E-state index contributed by atoms with van der Waals surface area (Å²) in [6, 6.07) is 7.33. The third kappa shape index (κ3) is 3.08. The van der Waals surface area contributed by atoms with Crippen LogP contribution in [0, 0.1) is 0 Å². The van der Waals surface area contributed by atoms with E-state index in [1.165, 1.54) is 0 Å². The molecule has 1 saturated carbocycles. The maximum Gasteiger partial charge on any atom is 0.254 e. The Morgan fingerprint density at radius 1 is 1.19 bits per heavy atom. The second kappa shape index (κ2) is 5.85. The number of carbonyl (C=O) groups excluding carboxylic acids is 2. The fourth-order valence-electron chi connectivity index (χ4n) is 2.76. The van der Waals surface area contributed by atoms with Gasteiger partial charge in [0.25, 0.3) is 5.91 Å². The van der Waals surface area contributed by atoms with Crippen molar-refractivity contribution < 1.29 is 9.59 Å². The highest BCUT2D eigenvalue weighted by Crippen LogP contribution is 2.23. The Morgan fingerprint density at radius 3 is 2.52 bits per heavy atom. The molecule has 3 N–H and O–H groups in total. The molecule has 2 fully saturated rings. The normalized spacial score (nSPS) is 21.4. The summed E-state index contributed by atoms with van der Waals surface area (Å²) < 4.78 is 0. The average Bonchev–Trinajstić information content (AvgIpc) is 3.18. The molecule has 0 radical (unpaired) electrons. The molecule has 0 aromatic heterocycles. The van der Waals surface area contributed by atoms with Crippen LogP contribution in [0.4, 0.5) is 0 Å². The summed E-state index contributed by atoms with van der Waals surface area (Å²) in [7, 11) is 0. The van der Waals surface area contributed by atoms with E-state index in [-0.39, 0.29) is 17.9 Å². The average molecular weight is 287 g/mol. The number of nitrogens with one attached hydrogen (secondary N) is 1. The van der Waals surface area contributed by atoms with Gasteiger partial charge in [0.05, 0.1) is 0 Å². The number of rotatable bonds is 4. The number of amides is 2. The number of nitrogens with two attached hydrogens (primary N) is 1. The van der Waals surface area contributed by atoms with Crippen molar-refractivity contribution in [3.05, 3.63) is 35.4 Å². The van der Waals surface area contributed by atoms with Crippen LogP contribution in [-0.4, -0.2) is 35.3 Å². The number of hydrogen-bond acceptors (Lipinski definition) is 3. The zero-order chi connectivity index (χ0) is 14.8. The van der Waals surface area contributed by atoms with Crippen molar-refractivity contribution in [2.75, 3.05) is 6.54 Å². The van der Waals surface area contributed by atoms with Crippen molar-refractivity contribution >= 4 is 11.8 Å². The molecule has 21 heavy (non-hydrogen) atoms. The van der Waals surface area contributed by atoms with Crippen molar-refractivity contribution in [2.24, 2.45) is 5.73 Å². The van der Waals surface area contributed by atoms with Crippen molar-refractivity contribution in [1.29, 1.82) is 0 Å². The van der Waals surface area contributed by atoms with E-state index in [4.69, 9.17) is 5.73 Å². The highest BCUT2D eigenvalue weighted by atomic mass is 16.2. The monoisotopic (exact) mass is 287 g/mol. The molecule has 1 saturated heterocycles. The van der Waals surface area contributed by atoms with Crippen LogP contribution in [-0.2, 0) is 11.3 Å². The SMILES string of the molecule is NCc1ccc(C(=O)N2CCCC2C(=O)NC2CC2)cc1. The van der Waals surface area contributed by atoms with Gasteiger partial charge < -0.3 is 16.0 Å². The molecule has 112 valence electrons. The van der Waals surface area contributed by atoms with Crippen molar-refractivity contribution in [1.82, 2.24) is 10.2 Å². The molecule has 2 aliphatic rings. The fraction of sp³-hybridized carbons (Fsp3) is 0.500. The van der Waals surface area contributed by atoms with E-state index in [0.717, 1.165) is 31.2 Å². The maximum absolute atomic E-state index is 12.6. The number of benzene rings is 1. The van der Waals surface area contributed by atoms with Crippen LogP contribution >= 0.6 is 0 Å². The van der Waals surface area contributed by atoms with E-state index < -0.39 is 0 Å². The summed E-state index contributed by atoms with van der Waals surface area (Å²) in [6.07, 6.45) is 3.76. The molecule has 1 aliphatic carbocycles. The standard InChI is InChI=1S/C16H21N3O2/c17-10-11-3-5-12(6-4-11)16(21)19-9-1-2-14(19)15(20)18-13-7-8-13/h3-6,13-14H,1-2,7-10,17H2,(H,18,20). The first kappa shape index (κ1) is 14.1. The summed E-state index contributed by atoms with van der Waals surface area (Å²) in [5.41, 5.74) is 7.18. The molecule has 2 amide bonds. The molecule has 1 aromatic rings. The fourth-order valence-corrected chi connectivity index (χ4v) is 2.76. The minimum atomic E-state index is -0.313. The minimum Gasteiger partial charge on any atom is -0.352 e. The lowest BCUT2D eigenvalue weighted by molar-refractivity contribution is -0.125. The van der Waals surface area contributed by atoms with Gasteiger partial charge in [0, 0.05) is 24.7 Å². The Hall–Kier alpha value is -1.88. The predicted octanol–water partition coefficient (Wildman–Crippen LogP) is 1.03. The summed E-state index contributed by atoms with van der Waals surface area (Å²) in [5, 5.41) is 3.00. The first-order valence-electron chi connectivity index (χ1n) is 7.59. The number of carbonyl (C=O) groups is 2. The lowest BCUT2D eigenvalue weighted by atomic mass is 10.1. The Labute approximate surface area is 124 Å². The first-order valence-corrected chi connectivity index (χ1v) is 7.59. The summed E-state index contributed by atoms with van der Waals surface area (Å²) in [5.74, 6) is -0.0612. The minimum absolute atomic E-state index is 0.00179. The van der Waals surface area contributed by atoms with Crippen LogP contribution in [0.25, 0.3) is 0 Å². The van der Waals surface area contributed by atoms with Crippen molar-refractivity contribution in [2.45, 2.75) is 44.3 Å². The summed E-state index contributed by atoms with van der Waals surface area (Å²) in [4.78, 5) is 26.5. The maximum atomic E-state index is 12.6. The van der Waals surface area contributed by atoms with Gasteiger partial charge in [-0.2, -0.15) is 0 Å². The molecular formula is C16H21N3O2. The second-order valence-corrected chi connectivity index (χ2v) is 5.84. The molecular weight excluding hydrogens is 266 g/mol. The molecule has 1 atom stereocenters. The smallest absolute Gasteiger partial charge is 0.254 e. The summed E-state index contributed by atoms with van der Waals surface area (Å²) >= 11 is 0. The third-order valence-corrected chi connectivity index (χ3v) is 4.18. The van der Waals surface area contributed by atoms with Gasteiger partial charge in [-0.15, -0.1) is 0 Å². The second-order valence-electron chi connectivity index (χ2n) is 5.84. The van der Waals surface area contributed by atoms with E-state index in [1.807, 2.05) is 12.1 Å².